The van der Waals surface area contributed by atoms with Gasteiger partial charge in [-0.3, -0.25) is 4.79 Å². The molecule has 0 spiro atoms. The lowest BCUT2D eigenvalue weighted by atomic mass is 9.91. The minimum Gasteiger partial charge on any atom is -0.508 e. The summed E-state index contributed by atoms with van der Waals surface area (Å²) in [7, 11) is 0. The quantitative estimate of drug-likeness (QED) is 0.572. The number of allylic oxidation sites excluding steroid dienone is 2. The van der Waals surface area contributed by atoms with Crippen molar-refractivity contribution in [2.75, 3.05) is 6.61 Å². The number of phenolic OH excluding ortho intramolecular Hbond substituents is 1. The fourth-order valence-electron chi connectivity index (χ4n) is 3.58. The molecule has 8 heteroatoms. The SMILES string of the molecule is O=C(O)CC/C=C\C[C@@H]1CO[C@H](n2nnc3ccccc32)O[C@@H]1c1ccccc1O. The van der Waals surface area contributed by atoms with E-state index in [1.165, 1.54) is 0 Å². The normalized spacial score (nSPS) is 21.9. The van der Waals surface area contributed by atoms with E-state index in [4.69, 9.17) is 14.6 Å². The van der Waals surface area contributed by atoms with E-state index in [0.717, 1.165) is 11.0 Å². The van der Waals surface area contributed by atoms with Crippen molar-refractivity contribution in [3.63, 3.8) is 0 Å². The summed E-state index contributed by atoms with van der Waals surface area (Å²) in [5.41, 5.74) is 2.22. The lowest BCUT2D eigenvalue weighted by Gasteiger charge is -2.36. The summed E-state index contributed by atoms with van der Waals surface area (Å²) in [6, 6.07) is 14.6. The van der Waals surface area contributed by atoms with Crippen molar-refractivity contribution in [3.8, 4) is 5.75 Å². The highest BCUT2D eigenvalue weighted by molar-refractivity contribution is 5.73. The van der Waals surface area contributed by atoms with Gasteiger partial charge < -0.3 is 19.7 Å². The largest absolute Gasteiger partial charge is 0.508 e. The Kier molecular flexibility index (Phi) is 6.06. The van der Waals surface area contributed by atoms with Crippen molar-refractivity contribution in [3.05, 3.63) is 66.2 Å². The summed E-state index contributed by atoms with van der Waals surface area (Å²) in [5.74, 6) is -0.712. The fraction of sp³-hybridized carbons (Fsp3) is 0.318. The lowest BCUT2D eigenvalue weighted by molar-refractivity contribution is -0.280. The second-order valence-electron chi connectivity index (χ2n) is 7.18. The molecule has 30 heavy (non-hydrogen) atoms. The number of aromatic hydroxyl groups is 1. The number of benzene rings is 2. The molecule has 3 atom stereocenters. The third kappa shape index (κ3) is 4.34. The monoisotopic (exact) mass is 409 g/mol. The van der Waals surface area contributed by atoms with Crippen LogP contribution in [-0.2, 0) is 14.3 Å². The maximum absolute atomic E-state index is 10.7. The maximum atomic E-state index is 10.7. The molecule has 0 radical (unpaired) electrons. The van der Waals surface area contributed by atoms with Gasteiger partial charge in [-0.1, -0.05) is 47.7 Å². The van der Waals surface area contributed by atoms with Crippen LogP contribution in [0.4, 0.5) is 0 Å². The highest BCUT2D eigenvalue weighted by Gasteiger charge is 2.35. The Morgan fingerprint density at radius 3 is 2.80 bits per heavy atom. The predicted molar refractivity (Wildman–Crippen MR) is 109 cm³/mol. The van der Waals surface area contributed by atoms with Crippen molar-refractivity contribution in [2.45, 2.75) is 31.8 Å². The van der Waals surface area contributed by atoms with Crippen LogP contribution in [0.25, 0.3) is 11.0 Å². The van der Waals surface area contributed by atoms with E-state index >= 15 is 0 Å². The van der Waals surface area contributed by atoms with Crippen LogP contribution in [0.5, 0.6) is 5.75 Å². The molecule has 0 amide bonds. The fourth-order valence-corrected chi connectivity index (χ4v) is 3.58. The highest BCUT2D eigenvalue weighted by Crippen LogP contribution is 2.41. The third-order valence-corrected chi connectivity index (χ3v) is 5.09. The summed E-state index contributed by atoms with van der Waals surface area (Å²) < 4.78 is 13.8. The summed E-state index contributed by atoms with van der Waals surface area (Å²) in [4.78, 5) is 10.7. The Hall–Kier alpha value is -3.23. The minimum absolute atomic E-state index is 0.0505. The molecule has 156 valence electrons. The van der Waals surface area contributed by atoms with E-state index < -0.39 is 18.5 Å². The summed E-state index contributed by atoms with van der Waals surface area (Å²) in [6.07, 6.45) is 3.80. The standard InChI is InChI=1S/C22H23N3O5/c26-19-12-7-4-9-16(19)21-15(8-2-1-3-13-20(27)28)14-29-22(30-21)25-18-11-6-5-10-17(18)23-24-25/h1-2,4-7,9-12,15,21-22,26H,3,8,13-14H2,(H,27,28)/b2-1-/t15-,21+,22+/m1/s1. The Labute approximate surface area is 173 Å². The first-order chi connectivity index (χ1) is 14.6. The van der Waals surface area contributed by atoms with E-state index in [2.05, 4.69) is 10.3 Å². The maximum Gasteiger partial charge on any atom is 0.303 e. The smallest absolute Gasteiger partial charge is 0.303 e. The molecular formula is C22H23N3O5. The molecule has 2 N–H and O–H groups in total. The molecule has 0 saturated carbocycles. The summed E-state index contributed by atoms with van der Waals surface area (Å²) >= 11 is 0. The van der Waals surface area contributed by atoms with E-state index in [1.54, 1.807) is 16.8 Å². The van der Waals surface area contributed by atoms with Crippen molar-refractivity contribution in [2.24, 2.45) is 5.92 Å². The number of nitrogens with zero attached hydrogens (tertiary/aromatic N) is 3. The van der Waals surface area contributed by atoms with Crippen LogP contribution in [0.1, 0.15) is 37.3 Å². The number of aromatic nitrogens is 3. The Bertz CT molecular complexity index is 1050. The second kappa shape index (κ2) is 9.06. The van der Waals surface area contributed by atoms with Crippen molar-refractivity contribution >= 4 is 17.0 Å². The molecule has 2 heterocycles. The Morgan fingerprint density at radius 1 is 1.17 bits per heavy atom. The molecule has 3 aromatic rings. The number of para-hydroxylation sites is 2. The molecule has 0 unspecified atom stereocenters. The summed E-state index contributed by atoms with van der Waals surface area (Å²) in [5, 5.41) is 27.5. The van der Waals surface area contributed by atoms with Crippen molar-refractivity contribution in [1.29, 1.82) is 0 Å². The first-order valence-electron chi connectivity index (χ1n) is 9.85. The van der Waals surface area contributed by atoms with Gasteiger partial charge in [-0.25, -0.2) is 0 Å². The molecule has 4 rings (SSSR count). The number of rotatable bonds is 7. The molecule has 1 aliphatic rings. The zero-order valence-corrected chi connectivity index (χ0v) is 16.3. The Balaban J connectivity index is 1.55. The van der Waals surface area contributed by atoms with E-state index in [1.807, 2.05) is 48.6 Å². The van der Waals surface area contributed by atoms with Gasteiger partial charge in [0.05, 0.1) is 18.2 Å². The van der Waals surface area contributed by atoms with Gasteiger partial charge in [0.15, 0.2) is 0 Å². The molecule has 1 aromatic heterocycles. The number of hydrogen-bond donors (Lipinski definition) is 2. The van der Waals surface area contributed by atoms with Gasteiger partial charge in [0.2, 0.25) is 0 Å². The van der Waals surface area contributed by atoms with Gasteiger partial charge in [-0.15, -0.1) is 5.10 Å². The van der Waals surface area contributed by atoms with Gasteiger partial charge in [-0.2, -0.15) is 4.68 Å². The molecule has 8 nitrogen and oxygen atoms in total. The highest BCUT2D eigenvalue weighted by atomic mass is 16.7. The van der Waals surface area contributed by atoms with Crippen LogP contribution in [-0.4, -0.2) is 37.8 Å². The second-order valence-corrected chi connectivity index (χ2v) is 7.18. The first-order valence-corrected chi connectivity index (χ1v) is 9.85. The number of carboxylic acids is 1. The van der Waals surface area contributed by atoms with Gasteiger partial charge in [0.25, 0.3) is 6.41 Å². The zero-order chi connectivity index (χ0) is 20.9. The van der Waals surface area contributed by atoms with Gasteiger partial charge in [0.1, 0.15) is 11.3 Å². The van der Waals surface area contributed by atoms with E-state index in [9.17, 15) is 9.90 Å². The number of phenols is 1. The third-order valence-electron chi connectivity index (χ3n) is 5.09. The number of fused-ring (bicyclic) bond motifs is 1. The van der Waals surface area contributed by atoms with E-state index in [0.29, 0.717) is 25.0 Å². The van der Waals surface area contributed by atoms with Crippen LogP contribution in [0.3, 0.4) is 0 Å². The average Bonchev–Trinajstić information content (AvgIpc) is 3.18. The average molecular weight is 409 g/mol. The Morgan fingerprint density at radius 2 is 1.97 bits per heavy atom. The van der Waals surface area contributed by atoms with Gasteiger partial charge >= 0.3 is 5.97 Å². The van der Waals surface area contributed by atoms with Crippen LogP contribution < -0.4 is 0 Å². The number of ether oxygens (including phenoxy) is 2. The van der Waals surface area contributed by atoms with Crippen LogP contribution in [0.15, 0.2) is 60.7 Å². The molecule has 0 aliphatic carbocycles. The lowest BCUT2D eigenvalue weighted by Crippen LogP contribution is -2.33. The van der Waals surface area contributed by atoms with Gasteiger partial charge in [-0.05, 0) is 31.0 Å². The zero-order valence-electron chi connectivity index (χ0n) is 16.3. The van der Waals surface area contributed by atoms with E-state index in [-0.39, 0.29) is 18.1 Å². The van der Waals surface area contributed by atoms with Gasteiger partial charge in [0, 0.05) is 17.9 Å². The van der Waals surface area contributed by atoms with Crippen molar-refractivity contribution < 1.29 is 24.5 Å². The van der Waals surface area contributed by atoms with Crippen LogP contribution >= 0.6 is 0 Å². The molecule has 0 bridgehead atoms. The predicted octanol–water partition coefficient (Wildman–Crippen LogP) is 3.81. The topological polar surface area (TPSA) is 107 Å². The number of aliphatic carboxylic acids is 1. The number of carboxylic acid groups (broad SMARTS) is 1. The van der Waals surface area contributed by atoms with Crippen LogP contribution in [0, 0.1) is 5.92 Å². The first kappa shape index (κ1) is 20.1. The molecule has 1 fully saturated rings. The number of hydrogen-bond acceptors (Lipinski definition) is 6. The summed E-state index contributed by atoms with van der Waals surface area (Å²) in [6.45, 7) is 0.390. The molecule has 1 aliphatic heterocycles. The van der Waals surface area contributed by atoms with Crippen LogP contribution in [0.2, 0.25) is 0 Å². The number of carbonyl (C=O) groups is 1. The molecule has 2 aromatic carbocycles. The minimum atomic E-state index is -0.820. The molecular weight excluding hydrogens is 386 g/mol. The van der Waals surface area contributed by atoms with Crippen molar-refractivity contribution in [1.82, 2.24) is 15.0 Å². The molecule has 1 saturated heterocycles.